The lowest BCUT2D eigenvalue weighted by Crippen LogP contribution is -2.31. The Balaban J connectivity index is 2.09. The van der Waals surface area contributed by atoms with Gasteiger partial charge in [-0.3, -0.25) is 0 Å². The highest BCUT2D eigenvalue weighted by Gasteiger charge is 2.23. The molecule has 2 rings (SSSR count). The standard InChI is InChI=1S/C18H26O2/c1-3-4-6-11-17(14-16-9-7-5-8-10-16)18-19-13-12-15(2)20-18/h5,7-10,14-15,18H,3-4,6,11-13H2,1-2H3/b17-14+. The molecule has 0 amide bonds. The van der Waals surface area contributed by atoms with Crippen LogP contribution in [0.1, 0.15) is 51.5 Å². The Labute approximate surface area is 122 Å². The fraction of sp³-hybridized carbons (Fsp3) is 0.556. The van der Waals surface area contributed by atoms with Gasteiger partial charge >= 0.3 is 0 Å². The van der Waals surface area contributed by atoms with Gasteiger partial charge in [0.1, 0.15) is 0 Å². The van der Waals surface area contributed by atoms with Crippen LogP contribution in [0.4, 0.5) is 0 Å². The van der Waals surface area contributed by atoms with Crippen molar-refractivity contribution in [1.82, 2.24) is 0 Å². The molecular formula is C18H26O2. The first-order valence-electron chi connectivity index (χ1n) is 7.82. The molecule has 1 aliphatic heterocycles. The Bertz CT molecular complexity index is 411. The molecule has 2 atom stereocenters. The molecule has 2 unspecified atom stereocenters. The molecule has 2 heteroatoms. The summed E-state index contributed by atoms with van der Waals surface area (Å²) in [4.78, 5) is 0. The maximum atomic E-state index is 5.96. The van der Waals surface area contributed by atoms with Crippen LogP contribution in [0.25, 0.3) is 6.08 Å². The topological polar surface area (TPSA) is 18.5 Å². The van der Waals surface area contributed by atoms with E-state index in [2.05, 4.69) is 44.2 Å². The van der Waals surface area contributed by atoms with Crippen LogP contribution in [-0.4, -0.2) is 19.0 Å². The molecule has 1 aromatic rings. The normalized spacial score (nSPS) is 23.8. The molecule has 0 radical (unpaired) electrons. The Hall–Kier alpha value is -1.12. The molecule has 0 aliphatic carbocycles. The zero-order valence-corrected chi connectivity index (χ0v) is 12.7. The van der Waals surface area contributed by atoms with E-state index in [4.69, 9.17) is 9.47 Å². The summed E-state index contributed by atoms with van der Waals surface area (Å²) in [7, 11) is 0. The van der Waals surface area contributed by atoms with Crippen LogP contribution in [0.3, 0.4) is 0 Å². The predicted molar refractivity (Wildman–Crippen MR) is 83.5 cm³/mol. The number of benzene rings is 1. The average molecular weight is 274 g/mol. The first-order valence-corrected chi connectivity index (χ1v) is 7.82. The van der Waals surface area contributed by atoms with Gasteiger partial charge in [-0.2, -0.15) is 0 Å². The SMILES string of the molecule is CCCCC/C(=C\c1ccccc1)C1OCCC(C)O1. The summed E-state index contributed by atoms with van der Waals surface area (Å²) in [6.45, 7) is 5.16. The van der Waals surface area contributed by atoms with Crippen molar-refractivity contribution in [2.45, 2.75) is 58.3 Å². The minimum Gasteiger partial charge on any atom is -0.349 e. The smallest absolute Gasteiger partial charge is 0.180 e. The van der Waals surface area contributed by atoms with E-state index >= 15 is 0 Å². The third-order valence-corrected chi connectivity index (χ3v) is 3.67. The zero-order chi connectivity index (χ0) is 14.2. The molecule has 0 N–H and O–H groups in total. The molecule has 1 heterocycles. The second-order valence-electron chi connectivity index (χ2n) is 5.53. The van der Waals surface area contributed by atoms with Gasteiger partial charge in [0, 0.05) is 0 Å². The van der Waals surface area contributed by atoms with E-state index < -0.39 is 0 Å². The van der Waals surface area contributed by atoms with Gasteiger partial charge in [0.25, 0.3) is 0 Å². The Morgan fingerprint density at radius 3 is 2.75 bits per heavy atom. The van der Waals surface area contributed by atoms with Crippen molar-refractivity contribution in [3.05, 3.63) is 41.5 Å². The summed E-state index contributed by atoms with van der Waals surface area (Å²) in [5.41, 5.74) is 2.50. The summed E-state index contributed by atoms with van der Waals surface area (Å²) in [5, 5.41) is 0. The number of hydrogen-bond acceptors (Lipinski definition) is 2. The van der Waals surface area contributed by atoms with Crippen molar-refractivity contribution < 1.29 is 9.47 Å². The lowest BCUT2D eigenvalue weighted by Gasteiger charge is -2.30. The second kappa shape index (κ2) is 8.23. The molecule has 1 aliphatic rings. The predicted octanol–water partition coefficient (Wildman–Crippen LogP) is 4.80. The Morgan fingerprint density at radius 1 is 1.25 bits per heavy atom. The van der Waals surface area contributed by atoms with E-state index in [-0.39, 0.29) is 6.29 Å². The second-order valence-corrected chi connectivity index (χ2v) is 5.53. The number of rotatable bonds is 6. The van der Waals surface area contributed by atoms with Crippen molar-refractivity contribution >= 4 is 6.08 Å². The van der Waals surface area contributed by atoms with Gasteiger partial charge < -0.3 is 9.47 Å². The first kappa shape index (κ1) is 15.3. The Morgan fingerprint density at radius 2 is 2.05 bits per heavy atom. The summed E-state index contributed by atoms with van der Waals surface area (Å²) in [6.07, 6.45) is 8.11. The molecule has 20 heavy (non-hydrogen) atoms. The molecule has 0 aromatic heterocycles. The molecular weight excluding hydrogens is 248 g/mol. The Kier molecular flexibility index (Phi) is 6.28. The summed E-state index contributed by atoms with van der Waals surface area (Å²) >= 11 is 0. The highest BCUT2D eigenvalue weighted by Crippen LogP contribution is 2.24. The fourth-order valence-corrected chi connectivity index (χ4v) is 2.45. The van der Waals surface area contributed by atoms with Crippen molar-refractivity contribution in [2.24, 2.45) is 0 Å². The third kappa shape index (κ3) is 4.77. The van der Waals surface area contributed by atoms with Gasteiger partial charge in [0.15, 0.2) is 6.29 Å². The van der Waals surface area contributed by atoms with E-state index in [0.29, 0.717) is 6.10 Å². The quantitative estimate of drug-likeness (QED) is 0.694. The largest absolute Gasteiger partial charge is 0.349 e. The molecule has 110 valence electrons. The van der Waals surface area contributed by atoms with Crippen LogP contribution in [0.2, 0.25) is 0 Å². The molecule has 0 bridgehead atoms. The molecule has 1 aromatic carbocycles. The van der Waals surface area contributed by atoms with E-state index in [1.807, 2.05) is 6.07 Å². The highest BCUT2D eigenvalue weighted by atomic mass is 16.7. The minimum atomic E-state index is -0.157. The van der Waals surface area contributed by atoms with E-state index in [0.717, 1.165) is 19.4 Å². The maximum Gasteiger partial charge on any atom is 0.180 e. The third-order valence-electron chi connectivity index (χ3n) is 3.67. The van der Waals surface area contributed by atoms with Crippen molar-refractivity contribution in [3.8, 4) is 0 Å². The molecule has 0 spiro atoms. The van der Waals surface area contributed by atoms with E-state index in [1.54, 1.807) is 0 Å². The van der Waals surface area contributed by atoms with Crippen LogP contribution in [0, 0.1) is 0 Å². The summed E-state index contributed by atoms with van der Waals surface area (Å²) in [6, 6.07) is 10.4. The average Bonchev–Trinajstić information content (AvgIpc) is 2.47. The van der Waals surface area contributed by atoms with Gasteiger partial charge in [-0.15, -0.1) is 0 Å². The number of hydrogen-bond donors (Lipinski definition) is 0. The zero-order valence-electron chi connectivity index (χ0n) is 12.7. The highest BCUT2D eigenvalue weighted by molar-refractivity contribution is 5.53. The van der Waals surface area contributed by atoms with Gasteiger partial charge in [-0.25, -0.2) is 0 Å². The maximum absolute atomic E-state index is 5.96. The van der Waals surface area contributed by atoms with Crippen LogP contribution in [-0.2, 0) is 9.47 Å². The summed E-state index contributed by atoms with van der Waals surface area (Å²) in [5.74, 6) is 0. The van der Waals surface area contributed by atoms with Gasteiger partial charge in [0.05, 0.1) is 12.7 Å². The van der Waals surface area contributed by atoms with Crippen LogP contribution in [0.5, 0.6) is 0 Å². The lowest BCUT2D eigenvalue weighted by molar-refractivity contribution is -0.187. The van der Waals surface area contributed by atoms with E-state index in [9.17, 15) is 0 Å². The van der Waals surface area contributed by atoms with Gasteiger partial charge in [-0.1, -0.05) is 56.2 Å². The van der Waals surface area contributed by atoms with Gasteiger partial charge in [0.2, 0.25) is 0 Å². The van der Waals surface area contributed by atoms with E-state index in [1.165, 1.54) is 30.4 Å². The van der Waals surface area contributed by atoms with Crippen molar-refractivity contribution in [2.75, 3.05) is 6.61 Å². The van der Waals surface area contributed by atoms with Crippen molar-refractivity contribution in [1.29, 1.82) is 0 Å². The number of ether oxygens (including phenoxy) is 2. The molecule has 1 saturated heterocycles. The number of unbranched alkanes of at least 4 members (excludes halogenated alkanes) is 2. The fourth-order valence-electron chi connectivity index (χ4n) is 2.45. The van der Waals surface area contributed by atoms with Crippen molar-refractivity contribution in [3.63, 3.8) is 0 Å². The summed E-state index contributed by atoms with van der Waals surface area (Å²) < 4.78 is 11.8. The molecule has 2 nitrogen and oxygen atoms in total. The lowest BCUT2D eigenvalue weighted by atomic mass is 10.0. The molecule has 1 fully saturated rings. The first-order chi connectivity index (χ1) is 9.79. The van der Waals surface area contributed by atoms with Crippen LogP contribution < -0.4 is 0 Å². The van der Waals surface area contributed by atoms with Crippen LogP contribution >= 0.6 is 0 Å². The van der Waals surface area contributed by atoms with Gasteiger partial charge in [-0.05, 0) is 37.3 Å². The molecule has 0 saturated carbocycles. The van der Waals surface area contributed by atoms with Crippen LogP contribution in [0.15, 0.2) is 35.9 Å². The minimum absolute atomic E-state index is 0.157. The monoisotopic (exact) mass is 274 g/mol.